The Morgan fingerprint density at radius 1 is 1.24 bits per heavy atom. The van der Waals surface area contributed by atoms with Crippen molar-refractivity contribution < 1.29 is 19.4 Å². The Hall–Kier alpha value is -3.02. The zero-order chi connectivity index (χ0) is 18.2. The van der Waals surface area contributed by atoms with Crippen molar-refractivity contribution in [2.24, 2.45) is 11.0 Å². The number of ether oxygens (including phenoxy) is 2. The van der Waals surface area contributed by atoms with Gasteiger partial charge in [-0.15, -0.1) is 0 Å². The highest BCUT2D eigenvalue weighted by atomic mass is 16.5. The zero-order valence-corrected chi connectivity index (χ0v) is 14.5. The van der Waals surface area contributed by atoms with Crippen LogP contribution in [0.3, 0.4) is 0 Å². The highest BCUT2D eigenvalue weighted by Crippen LogP contribution is 2.27. The summed E-state index contributed by atoms with van der Waals surface area (Å²) in [5.74, 6) is 1.11. The van der Waals surface area contributed by atoms with Gasteiger partial charge >= 0.3 is 0 Å². The number of methoxy groups -OCH3 is 1. The number of nitrogens with one attached hydrogen (secondary N) is 1. The van der Waals surface area contributed by atoms with Crippen LogP contribution in [0.2, 0.25) is 0 Å². The minimum absolute atomic E-state index is 0.0327. The molecule has 6 nitrogen and oxygen atoms in total. The number of phenolic OH excluding ortho intramolecular Hbond substituents is 1. The molecule has 2 rings (SSSR count). The molecule has 0 fully saturated rings. The molecule has 0 heterocycles. The average Bonchev–Trinajstić information content (AvgIpc) is 2.61. The molecule has 1 amide bonds. The maximum absolute atomic E-state index is 12.1. The summed E-state index contributed by atoms with van der Waals surface area (Å²) in [5.41, 5.74) is 3.32. The highest BCUT2D eigenvalue weighted by molar-refractivity contribution is 5.95. The molecule has 2 aromatic carbocycles. The molecular weight excluding hydrogens is 320 g/mol. The SMILES string of the molecule is COc1cccc(C=NNC(=O)c2ccc(OCC(C)C)cc2)c1O. The third-order valence-corrected chi connectivity index (χ3v) is 3.32. The normalized spacial score (nSPS) is 10.9. The van der Waals surface area contributed by atoms with Gasteiger partial charge in [-0.3, -0.25) is 4.79 Å². The smallest absolute Gasteiger partial charge is 0.271 e. The van der Waals surface area contributed by atoms with Gasteiger partial charge in [0.2, 0.25) is 0 Å². The molecule has 0 saturated heterocycles. The molecule has 0 radical (unpaired) electrons. The second kappa shape index (κ2) is 8.73. The van der Waals surface area contributed by atoms with Crippen molar-refractivity contribution in [3.05, 3.63) is 53.6 Å². The van der Waals surface area contributed by atoms with Gasteiger partial charge in [0.15, 0.2) is 11.5 Å². The fourth-order valence-corrected chi connectivity index (χ4v) is 2.00. The summed E-state index contributed by atoms with van der Waals surface area (Å²) in [4.78, 5) is 12.1. The lowest BCUT2D eigenvalue weighted by Crippen LogP contribution is -2.17. The van der Waals surface area contributed by atoms with Gasteiger partial charge in [0, 0.05) is 11.1 Å². The van der Waals surface area contributed by atoms with Crippen molar-refractivity contribution >= 4 is 12.1 Å². The number of para-hydroxylation sites is 1. The van der Waals surface area contributed by atoms with Gasteiger partial charge in [-0.05, 0) is 42.3 Å². The molecule has 25 heavy (non-hydrogen) atoms. The maximum Gasteiger partial charge on any atom is 0.271 e. The van der Waals surface area contributed by atoms with Crippen molar-refractivity contribution in [2.45, 2.75) is 13.8 Å². The number of hydrogen-bond donors (Lipinski definition) is 2. The van der Waals surface area contributed by atoms with Gasteiger partial charge < -0.3 is 14.6 Å². The number of amides is 1. The number of rotatable bonds is 7. The van der Waals surface area contributed by atoms with E-state index < -0.39 is 0 Å². The van der Waals surface area contributed by atoms with Crippen LogP contribution in [-0.4, -0.2) is 30.9 Å². The number of phenols is 1. The van der Waals surface area contributed by atoms with Gasteiger partial charge in [0.05, 0.1) is 19.9 Å². The van der Waals surface area contributed by atoms with E-state index in [-0.39, 0.29) is 11.7 Å². The van der Waals surface area contributed by atoms with Gasteiger partial charge in [0.25, 0.3) is 5.91 Å². The monoisotopic (exact) mass is 342 g/mol. The summed E-state index contributed by atoms with van der Waals surface area (Å²) in [5, 5.41) is 13.8. The van der Waals surface area contributed by atoms with E-state index >= 15 is 0 Å². The van der Waals surface area contributed by atoms with E-state index in [4.69, 9.17) is 9.47 Å². The first-order chi connectivity index (χ1) is 12.0. The summed E-state index contributed by atoms with van der Waals surface area (Å²) in [6.07, 6.45) is 1.36. The summed E-state index contributed by atoms with van der Waals surface area (Å²) < 4.78 is 10.6. The Labute approximate surface area is 147 Å². The van der Waals surface area contributed by atoms with E-state index in [1.807, 2.05) is 0 Å². The third kappa shape index (κ3) is 5.24. The first kappa shape index (κ1) is 18.3. The number of aromatic hydroxyl groups is 1. The number of hydrazone groups is 1. The van der Waals surface area contributed by atoms with Crippen LogP contribution < -0.4 is 14.9 Å². The molecule has 0 aliphatic heterocycles. The van der Waals surface area contributed by atoms with E-state index in [1.165, 1.54) is 13.3 Å². The Morgan fingerprint density at radius 2 is 1.96 bits per heavy atom. The van der Waals surface area contributed by atoms with Crippen molar-refractivity contribution in [2.75, 3.05) is 13.7 Å². The number of nitrogens with zero attached hydrogens (tertiary/aromatic N) is 1. The molecule has 0 spiro atoms. The van der Waals surface area contributed by atoms with Crippen LogP contribution in [0.15, 0.2) is 47.6 Å². The molecule has 0 atom stereocenters. The lowest BCUT2D eigenvalue weighted by molar-refractivity contribution is 0.0955. The maximum atomic E-state index is 12.1. The Morgan fingerprint density at radius 3 is 2.60 bits per heavy atom. The second-order valence-electron chi connectivity index (χ2n) is 5.83. The highest BCUT2D eigenvalue weighted by Gasteiger charge is 2.07. The minimum atomic E-state index is -0.353. The van der Waals surface area contributed by atoms with Crippen LogP contribution in [0.5, 0.6) is 17.2 Å². The number of carbonyl (C=O) groups is 1. The Bertz CT molecular complexity index is 740. The van der Waals surface area contributed by atoms with Crippen molar-refractivity contribution in [3.63, 3.8) is 0 Å². The van der Waals surface area contributed by atoms with E-state index in [9.17, 15) is 9.90 Å². The number of hydrogen-bond acceptors (Lipinski definition) is 5. The van der Waals surface area contributed by atoms with E-state index in [2.05, 4.69) is 24.4 Å². The van der Waals surface area contributed by atoms with Gasteiger partial charge in [-0.25, -0.2) is 5.43 Å². The van der Waals surface area contributed by atoms with Crippen LogP contribution in [0.1, 0.15) is 29.8 Å². The fourth-order valence-electron chi connectivity index (χ4n) is 2.00. The summed E-state index contributed by atoms with van der Waals surface area (Å²) in [6.45, 7) is 4.76. The lowest BCUT2D eigenvalue weighted by atomic mass is 10.2. The van der Waals surface area contributed by atoms with Gasteiger partial charge in [-0.2, -0.15) is 5.10 Å². The number of carbonyl (C=O) groups excluding carboxylic acids is 1. The van der Waals surface area contributed by atoms with E-state index in [1.54, 1.807) is 42.5 Å². The minimum Gasteiger partial charge on any atom is -0.504 e. The molecule has 0 aliphatic rings. The third-order valence-electron chi connectivity index (χ3n) is 3.32. The summed E-state index contributed by atoms with van der Waals surface area (Å²) in [6, 6.07) is 11.8. The van der Waals surface area contributed by atoms with Gasteiger partial charge in [0.1, 0.15) is 5.75 Å². The fraction of sp³-hybridized carbons (Fsp3) is 0.263. The average molecular weight is 342 g/mol. The van der Waals surface area contributed by atoms with Crippen LogP contribution in [0, 0.1) is 5.92 Å². The van der Waals surface area contributed by atoms with E-state index in [0.29, 0.717) is 29.4 Å². The van der Waals surface area contributed by atoms with Crippen molar-refractivity contribution in [3.8, 4) is 17.2 Å². The lowest BCUT2D eigenvalue weighted by Gasteiger charge is -2.08. The van der Waals surface area contributed by atoms with Gasteiger partial charge in [-0.1, -0.05) is 19.9 Å². The molecular formula is C19H22N2O4. The standard InChI is InChI=1S/C19H22N2O4/c1-13(2)12-25-16-9-7-14(8-10-16)19(23)21-20-11-15-5-4-6-17(24-3)18(15)22/h4-11,13,22H,12H2,1-3H3,(H,21,23). The molecule has 2 aromatic rings. The topological polar surface area (TPSA) is 80.2 Å². The van der Waals surface area contributed by atoms with Crippen LogP contribution >= 0.6 is 0 Å². The Kier molecular flexibility index (Phi) is 6.39. The van der Waals surface area contributed by atoms with Crippen molar-refractivity contribution in [1.82, 2.24) is 5.43 Å². The van der Waals surface area contributed by atoms with Crippen LogP contribution in [0.25, 0.3) is 0 Å². The first-order valence-corrected chi connectivity index (χ1v) is 7.93. The van der Waals surface area contributed by atoms with Crippen LogP contribution in [-0.2, 0) is 0 Å². The molecule has 2 N–H and O–H groups in total. The molecule has 0 saturated carbocycles. The predicted molar refractivity (Wildman–Crippen MR) is 96.5 cm³/mol. The molecule has 6 heteroatoms. The summed E-state index contributed by atoms with van der Waals surface area (Å²) in [7, 11) is 1.46. The largest absolute Gasteiger partial charge is 0.504 e. The molecule has 0 bridgehead atoms. The first-order valence-electron chi connectivity index (χ1n) is 7.93. The molecule has 132 valence electrons. The van der Waals surface area contributed by atoms with Crippen molar-refractivity contribution in [1.29, 1.82) is 0 Å². The van der Waals surface area contributed by atoms with Crippen LogP contribution in [0.4, 0.5) is 0 Å². The second-order valence-corrected chi connectivity index (χ2v) is 5.83. The molecule has 0 aromatic heterocycles. The number of benzene rings is 2. The predicted octanol–water partition coefficient (Wildman–Crippen LogP) is 3.20. The Balaban J connectivity index is 1.96. The van der Waals surface area contributed by atoms with E-state index in [0.717, 1.165) is 5.75 Å². The zero-order valence-electron chi connectivity index (χ0n) is 14.5. The summed E-state index contributed by atoms with van der Waals surface area (Å²) >= 11 is 0. The molecule has 0 unspecified atom stereocenters. The quantitative estimate of drug-likeness (QED) is 0.598. The molecule has 0 aliphatic carbocycles.